The van der Waals surface area contributed by atoms with Crippen molar-refractivity contribution in [2.24, 2.45) is 0 Å². The lowest BCUT2D eigenvalue weighted by Gasteiger charge is -2.23. The van der Waals surface area contributed by atoms with Gasteiger partial charge in [-0.15, -0.1) is 0 Å². The summed E-state index contributed by atoms with van der Waals surface area (Å²) in [5.41, 5.74) is -0.517. The normalized spacial score (nSPS) is 11.2. The van der Waals surface area contributed by atoms with Gasteiger partial charge in [0.2, 0.25) is 11.8 Å². The van der Waals surface area contributed by atoms with E-state index in [2.05, 4.69) is 0 Å². The van der Waals surface area contributed by atoms with E-state index >= 15 is 0 Å². The van der Waals surface area contributed by atoms with Crippen molar-refractivity contribution in [2.75, 3.05) is 26.7 Å². The number of alkyl halides is 3. The molecule has 0 unspecified atom stereocenters. The van der Waals surface area contributed by atoms with E-state index in [1.807, 2.05) is 13.8 Å². The maximum Gasteiger partial charge on any atom is 0.416 e. The molecule has 0 aromatic heterocycles. The molecule has 0 saturated heterocycles. The van der Waals surface area contributed by atoms with Crippen molar-refractivity contribution in [3.05, 3.63) is 35.4 Å². The first-order valence-electron chi connectivity index (χ1n) is 7.36. The van der Waals surface area contributed by atoms with E-state index in [-0.39, 0.29) is 24.4 Å². The number of halogens is 3. The molecule has 0 radical (unpaired) electrons. The smallest absolute Gasteiger partial charge is 0.342 e. The van der Waals surface area contributed by atoms with Crippen molar-refractivity contribution in [3.8, 4) is 0 Å². The van der Waals surface area contributed by atoms with Crippen LogP contribution in [0.2, 0.25) is 0 Å². The highest BCUT2D eigenvalue weighted by Gasteiger charge is 2.30. The van der Waals surface area contributed by atoms with Crippen LogP contribution in [0.4, 0.5) is 13.2 Å². The van der Waals surface area contributed by atoms with Crippen LogP contribution in [0.1, 0.15) is 25.0 Å². The average molecular weight is 330 g/mol. The third kappa shape index (κ3) is 5.58. The summed E-state index contributed by atoms with van der Waals surface area (Å²) in [5.74, 6) is -0.584. The minimum atomic E-state index is -4.44. The van der Waals surface area contributed by atoms with Gasteiger partial charge in [-0.2, -0.15) is 13.2 Å². The zero-order chi connectivity index (χ0) is 17.6. The number of rotatable bonds is 6. The summed E-state index contributed by atoms with van der Waals surface area (Å²) < 4.78 is 38.0. The monoisotopic (exact) mass is 330 g/mol. The minimum Gasteiger partial charge on any atom is -0.342 e. The Bertz CT molecular complexity index is 555. The highest BCUT2D eigenvalue weighted by atomic mass is 19.4. The van der Waals surface area contributed by atoms with Crippen LogP contribution in [0.25, 0.3) is 0 Å². The molecule has 0 spiro atoms. The van der Waals surface area contributed by atoms with Crippen molar-refractivity contribution < 1.29 is 22.8 Å². The van der Waals surface area contributed by atoms with Gasteiger partial charge in [0.15, 0.2) is 0 Å². The molecule has 1 aromatic rings. The number of amides is 2. The second-order valence-electron chi connectivity index (χ2n) is 5.19. The van der Waals surface area contributed by atoms with Crippen LogP contribution in [-0.4, -0.2) is 48.3 Å². The summed E-state index contributed by atoms with van der Waals surface area (Å²) in [6, 6.07) is 4.65. The summed E-state index contributed by atoms with van der Waals surface area (Å²) >= 11 is 0. The number of carbonyl (C=O) groups excluding carboxylic acids is 2. The van der Waals surface area contributed by atoms with Crippen LogP contribution in [0.3, 0.4) is 0 Å². The third-order valence-corrected chi connectivity index (χ3v) is 3.52. The van der Waals surface area contributed by atoms with Crippen LogP contribution in [-0.2, 0) is 22.2 Å². The van der Waals surface area contributed by atoms with Gasteiger partial charge in [-0.1, -0.05) is 18.2 Å². The SMILES string of the molecule is CCN(CC)C(=O)CN(C)C(=O)Cc1cccc(C(F)(F)F)c1. The Morgan fingerprint density at radius 1 is 1.09 bits per heavy atom. The van der Waals surface area contributed by atoms with Crippen molar-refractivity contribution >= 4 is 11.8 Å². The first kappa shape index (κ1) is 19.0. The number of carbonyl (C=O) groups is 2. The van der Waals surface area contributed by atoms with Gasteiger partial charge >= 0.3 is 6.18 Å². The Hall–Kier alpha value is -2.05. The fraction of sp³-hybridized carbons (Fsp3) is 0.500. The Labute approximate surface area is 133 Å². The van der Waals surface area contributed by atoms with Crippen LogP contribution < -0.4 is 0 Å². The van der Waals surface area contributed by atoms with Gasteiger partial charge < -0.3 is 9.80 Å². The minimum absolute atomic E-state index is 0.0839. The lowest BCUT2D eigenvalue weighted by atomic mass is 10.1. The zero-order valence-corrected chi connectivity index (χ0v) is 13.5. The molecular formula is C16H21F3N2O2. The van der Waals surface area contributed by atoms with Crippen LogP contribution >= 0.6 is 0 Å². The first-order valence-corrected chi connectivity index (χ1v) is 7.36. The van der Waals surface area contributed by atoms with Gasteiger partial charge in [0.05, 0.1) is 18.5 Å². The summed E-state index contributed by atoms with van der Waals surface area (Å²) in [6.45, 7) is 4.69. The summed E-state index contributed by atoms with van der Waals surface area (Å²) in [7, 11) is 1.47. The Kier molecular flexibility index (Phi) is 6.60. The van der Waals surface area contributed by atoms with Gasteiger partial charge in [-0.3, -0.25) is 9.59 Å². The molecule has 0 aliphatic rings. The summed E-state index contributed by atoms with van der Waals surface area (Å²) in [6.07, 6.45) is -4.62. The molecule has 7 heteroatoms. The van der Waals surface area contributed by atoms with E-state index in [4.69, 9.17) is 0 Å². The third-order valence-electron chi connectivity index (χ3n) is 3.52. The van der Waals surface area contributed by atoms with Crippen LogP contribution in [0, 0.1) is 0 Å². The van der Waals surface area contributed by atoms with Gasteiger partial charge in [0.1, 0.15) is 0 Å². The van der Waals surface area contributed by atoms with Crippen molar-refractivity contribution in [2.45, 2.75) is 26.4 Å². The zero-order valence-electron chi connectivity index (χ0n) is 13.5. The molecule has 0 atom stereocenters. The summed E-state index contributed by atoms with van der Waals surface area (Å²) in [5, 5.41) is 0. The quantitative estimate of drug-likeness (QED) is 0.804. The number of nitrogens with zero attached hydrogens (tertiary/aromatic N) is 2. The molecule has 4 nitrogen and oxygen atoms in total. The van der Waals surface area contributed by atoms with E-state index in [9.17, 15) is 22.8 Å². The summed E-state index contributed by atoms with van der Waals surface area (Å²) in [4.78, 5) is 26.9. The van der Waals surface area contributed by atoms with Gasteiger partial charge in [-0.05, 0) is 25.5 Å². The molecule has 0 saturated carbocycles. The first-order chi connectivity index (χ1) is 10.7. The lowest BCUT2D eigenvalue weighted by Crippen LogP contribution is -2.41. The molecule has 0 N–H and O–H groups in total. The van der Waals surface area contributed by atoms with E-state index in [1.54, 1.807) is 4.90 Å². The fourth-order valence-corrected chi connectivity index (χ4v) is 2.13. The number of hydrogen-bond donors (Lipinski definition) is 0. The molecular weight excluding hydrogens is 309 g/mol. The largest absolute Gasteiger partial charge is 0.416 e. The highest BCUT2D eigenvalue weighted by molar-refractivity contribution is 5.85. The van der Waals surface area contributed by atoms with E-state index in [1.165, 1.54) is 24.1 Å². The number of likely N-dealkylation sites (N-methyl/N-ethyl adjacent to an activating group) is 2. The predicted molar refractivity (Wildman–Crippen MR) is 80.7 cm³/mol. The van der Waals surface area contributed by atoms with Gasteiger partial charge in [0, 0.05) is 20.1 Å². The predicted octanol–water partition coefficient (Wildman–Crippen LogP) is 2.57. The van der Waals surface area contributed by atoms with E-state index < -0.39 is 17.6 Å². The highest BCUT2D eigenvalue weighted by Crippen LogP contribution is 2.29. The van der Waals surface area contributed by atoms with E-state index in [0.29, 0.717) is 13.1 Å². The molecule has 2 amide bonds. The van der Waals surface area contributed by atoms with Crippen LogP contribution in [0.15, 0.2) is 24.3 Å². The molecule has 0 aliphatic carbocycles. The lowest BCUT2D eigenvalue weighted by molar-refractivity contribution is -0.139. The second kappa shape index (κ2) is 7.99. The Morgan fingerprint density at radius 2 is 1.70 bits per heavy atom. The fourth-order valence-electron chi connectivity index (χ4n) is 2.13. The molecule has 0 aliphatic heterocycles. The molecule has 1 aromatic carbocycles. The number of benzene rings is 1. The van der Waals surface area contributed by atoms with Gasteiger partial charge in [-0.25, -0.2) is 0 Å². The molecule has 0 fully saturated rings. The molecule has 23 heavy (non-hydrogen) atoms. The van der Waals surface area contributed by atoms with Crippen molar-refractivity contribution in [1.82, 2.24) is 9.80 Å². The Morgan fingerprint density at radius 3 is 2.22 bits per heavy atom. The van der Waals surface area contributed by atoms with Crippen molar-refractivity contribution in [1.29, 1.82) is 0 Å². The topological polar surface area (TPSA) is 40.6 Å². The Balaban J connectivity index is 2.71. The molecule has 0 bridgehead atoms. The van der Waals surface area contributed by atoms with Gasteiger partial charge in [0.25, 0.3) is 0 Å². The molecule has 128 valence electrons. The van der Waals surface area contributed by atoms with Crippen molar-refractivity contribution in [3.63, 3.8) is 0 Å². The standard InChI is InChI=1S/C16H21F3N2O2/c1-4-21(5-2)15(23)11-20(3)14(22)10-12-7-6-8-13(9-12)16(17,18)19/h6-9H,4-5,10-11H2,1-3H3. The molecule has 0 heterocycles. The second-order valence-corrected chi connectivity index (χ2v) is 5.19. The van der Waals surface area contributed by atoms with E-state index in [0.717, 1.165) is 12.1 Å². The maximum absolute atomic E-state index is 12.7. The average Bonchev–Trinajstić information content (AvgIpc) is 2.47. The number of hydrogen-bond acceptors (Lipinski definition) is 2. The molecule has 1 rings (SSSR count). The van der Waals surface area contributed by atoms with Crippen LogP contribution in [0.5, 0.6) is 0 Å². The maximum atomic E-state index is 12.7.